The molecular weight excluding hydrogens is 198 g/mol. The lowest BCUT2D eigenvalue weighted by Crippen LogP contribution is -2.33. The van der Waals surface area contributed by atoms with Crippen molar-refractivity contribution in [1.82, 2.24) is 4.90 Å². The predicted octanol–water partition coefficient (Wildman–Crippen LogP) is -0.0130. The Labute approximate surface area is 88.4 Å². The molecule has 84 valence electrons. The van der Waals surface area contributed by atoms with Crippen molar-refractivity contribution < 1.29 is 19.1 Å². The number of nitrogens with zero attached hydrogens (tertiary/aromatic N) is 1. The molecule has 0 saturated carbocycles. The predicted molar refractivity (Wildman–Crippen MR) is 52.0 cm³/mol. The standard InChI is InChI=1S/C10H15NO4/c1-8-7-9(13)11(10(8)14)3-6-15-5-2-4-12/h4,8H,2-3,5-7H2,1H3. The lowest BCUT2D eigenvalue weighted by atomic mass is 10.1. The van der Waals surface area contributed by atoms with E-state index in [1.165, 1.54) is 4.90 Å². The lowest BCUT2D eigenvalue weighted by molar-refractivity contribution is -0.140. The van der Waals surface area contributed by atoms with E-state index in [0.717, 1.165) is 6.29 Å². The largest absolute Gasteiger partial charge is 0.379 e. The van der Waals surface area contributed by atoms with Gasteiger partial charge < -0.3 is 9.53 Å². The summed E-state index contributed by atoms with van der Waals surface area (Å²) in [4.78, 5) is 33.9. The highest BCUT2D eigenvalue weighted by molar-refractivity contribution is 6.03. The van der Waals surface area contributed by atoms with Gasteiger partial charge in [0, 0.05) is 18.8 Å². The average molecular weight is 213 g/mol. The molecule has 0 aromatic carbocycles. The summed E-state index contributed by atoms with van der Waals surface area (Å²) in [6, 6.07) is 0. The SMILES string of the molecule is CC1CC(=O)N(CCOCCC=O)C1=O. The van der Waals surface area contributed by atoms with Crippen molar-refractivity contribution in [2.45, 2.75) is 19.8 Å². The molecule has 1 saturated heterocycles. The van der Waals surface area contributed by atoms with Crippen LogP contribution in [-0.2, 0) is 19.1 Å². The number of carbonyl (C=O) groups excluding carboxylic acids is 3. The number of hydrogen-bond donors (Lipinski definition) is 0. The van der Waals surface area contributed by atoms with Crippen LogP contribution in [0.15, 0.2) is 0 Å². The van der Waals surface area contributed by atoms with Gasteiger partial charge in [-0.3, -0.25) is 14.5 Å². The monoisotopic (exact) mass is 213 g/mol. The summed E-state index contributed by atoms with van der Waals surface area (Å²) in [5.41, 5.74) is 0. The molecule has 15 heavy (non-hydrogen) atoms. The van der Waals surface area contributed by atoms with E-state index in [-0.39, 0.29) is 17.7 Å². The number of likely N-dealkylation sites (tertiary alicyclic amines) is 1. The average Bonchev–Trinajstić information content (AvgIpc) is 2.44. The molecule has 1 aliphatic heterocycles. The van der Waals surface area contributed by atoms with Gasteiger partial charge in [-0.1, -0.05) is 6.92 Å². The Morgan fingerprint density at radius 3 is 2.73 bits per heavy atom. The van der Waals surface area contributed by atoms with Gasteiger partial charge in [0.1, 0.15) is 6.29 Å². The van der Waals surface area contributed by atoms with Gasteiger partial charge in [-0.15, -0.1) is 0 Å². The Hall–Kier alpha value is -1.23. The molecule has 5 nitrogen and oxygen atoms in total. The fourth-order valence-electron chi connectivity index (χ4n) is 1.47. The molecule has 1 heterocycles. The van der Waals surface area contributed by atoms with E-state index < -0.39 is 0 Å². The van der Waals surface area contributed by atoms with E-state index >= 15 is 0 Å². The Balaban J connectivity index is 2.23. The van der Waals surface area contributed by atoms with Crippen LogP contribution in [0.2, 0.25) is 0 Å². The van der Waals surface area contributed by atoms with Crippen molar-refractivity contribution >= 4 is 18.1 Å². The van der Waals surface area contributed by atoms with Gasteiger partial charge in [0.2, 0.25) is 11.8 Å². The normalized spacial score (nSPS) is 21.1. The molecule has 0 aliphatic carbocycles. The number of carbonyl (C=O) groups is 3. The van der Waals surface area contributed by atoms with Crippen molar-refractivity contribution in [3.05, 3.63) is 0 Å². The molecule has 0 N–H and O–H groups in total. The topological polar surface area (TPSA) is 63.7 Å². The first-order valence-electron chi connectivity index (χ1n) is 5.02. The highest BCUT2D eigenvalue weighted by atomic mass is 16.5. The summed E-state index contributed by atoms with van der Waals surface area (Å²) in [5.74, 6) is -0.460. The van der Waals surface area contributed by atoms with Crippen molar-refractivity contribution in [3.8, 4) is 0 Å². The van der Waals surface area contributed by atoms with E-state index in [2.05, 4.69) is 0 Å². The number of ether oxygens (including phenoxy) is 1. The molecular formula is C10H15NO4. The van der Waals surface area contributed by atoms with E-state index in [1.807, 2.05) is 0 Å². The van der Waals surface area contributed by atoms with Crippen LogP contribution in [0, 0.1) is 5.92 Å². The maximum Gasteiger partial charge on any atom is 0.232 e. The third kappa shape index (κ3) is 3.13. The minimum atomic E-state index is -0.201. The molecule has 0 aromatic rings. The van der Waals surface area contributed by atoms with E-state index in [4.69, 9.17) is 4.74 Å². The Morgan fingerprint density at radius 1 is 1.47 bits per heavy atom. The van der Waals surface area contributed by atoms with Gasteiger partial charge in [0.15, 0.2) is 0 Å². The van der Waals surface area contributed by atoms with Crippen molar-refractivity contribution in [3.63, 3.8) is 0 Å². The van der Waals surface area contributed by atoms with Crippen LogP contribution in [0.3, 0.4) is 0 Å². The first-order valence-corrected chi connectivity index (χ1v) is 5.02. The summed E-state index contributed by atoms with van der Waals surface area (Å²) >= 11 is 0. The first-order chi connectivity index (χ1) is 7.16. The van der Waals surface area contributed by atoms with Crippen LogP contribution in [0.1, 0.15) is 19.8 Å². The van der Waals surface area contributed by atoms with Crippen molar-refractivity contribution in [2.24, 2.45) is 5.92 Å². The van der Waals surface area contributed by atoms with Crippen LogP contribution < -0.4 is 0 Å². The van der Waals surface area contributed by atoms with Gasteiger partial charge in [0.25, 0.3) is 0 Å². The highest BCUT2D eigenvalue weighted by Crippen LogP contribution is 2.17. The van der Waals surface area contributed by atoms with Gasteiger partial charge in [-0.2, -0.15) is 0 Å². The molecule has 1 atom stereocenters. The highest BCUT2D eigenvalue weighted by Gasteiger charge is 2.34. The number of amides is 2. The summed E-state index contributed by atoms with van der Waals surface area (Å²) in [7, 11) is 0. The number of imide groups is 1. The minimum Gasteiger partial charge on any atom is -0.379 e. The van der Waals surface area contributed by atoms with E-state index in [0.29, 0.717) is 32.6 Å². The van der Waals surface area contributed by atoms with Crippen LogP contribution in [-0.4, -0.2) is 42.8 Å². The smallest absolute Gasteiger partial charge is 0.232 e. The molecule has 1 aliphatic rings. The molecule has 0 spiro atoms. The maximum atomic E-state index is 11.4. The fourth-order valence-corrected chi connectivity index (χ4v) is 1.47. The third-order valence-electron chi connectivity index (χ3n) is 2.31. The number of rotatable bonds is 6. The van der Waals surface area contributed by atoms with Crippen LogP contribution >= 0.6 is 0 Å². The fraction of sp³-hybridized carbons (Fsp3) is 0.700. The summed E-state index contributed by atoms with van der Waals surface area (Å²) in [6.07, 6.45) is 1.42. The van der Waals surface area contributed by atoms with Gasteiger partial charge in [0.05, 0.1) is 19.8 Å². The molecule has 1 rings (SSSR count). The molecule has 2 amide bonds. The molecule has 5 heteroatoms. The molecule has 0 radical (unpaired) electrons. The van der Waals surface area contributed by atoms with Gasteiger partial charge in [-0.25, -0.2) is 0 Å². The Kier molecular flexibility index (Phi) is 4.42. The molecule has 0 aromatic heterocycles. The quantitative estimate of drug-likeness (QED) is 0.353. The third-order valence-corrected chi connectivity index (χ3v) is 2.31. The van der Waals surface area contributed by atoms with Crippen LogP contribution in [0.5, 0.6) is 0 Å². The second-order valence-corrected chi connectivity index (χ2v) is 3.56. The molecule has 1 fully saturated rings. The second kappa shape index (κ2) is 5.60. The van der Waals surface area contributed by atoms with Gasteiger partial charge >= 0.3 is 0 Å². The first kappa shape index (κ1) is 11.8. The maximum absolute atomic E-state index is 11.4. The number of hydrogen-bond acceptors (Lipinski definition) is 4. The van der Waals surface area contributed by atoms with E-state index in [9.17, 15) is 14.4 Å². The van der Waals surface area contributed by atoms with Crippen molar-refractivity contribution in [1.29, 1.82) is 0 Å². The molecule has 1 unspecified atom stereocenters. The Morgan fingerprint density at radius 2 is 2.20 bits per heavy atom. The summed E-state index contributed by atoms with van der Waals surface area (Å²) in [5, 5.41) is 0. The zero-order valence-corrected chi connectivity index (χ0v) is 8.77. The number of aldehydes is 1. The zero-order valence-electron chi connectivity index (χ0n) is 8.77. The van der Waals surface area contributed by atoms with E-state index in [1.54, 1.807) is 6.92 Å². The van der Waals surface area contributed by atoms with Crippen LogP contribution in [0.25, 0.3) is 0 Å². The second-order valence-electron chi connectivity index (χ2n) is 3.56. The van der Waals surface area contributed by atoms with Gasteiger partial charge in [-0.05, 0) is 0 Å². The molecule has 0 bridgehead atoms. The lowest BCUT2D eigenvalue weighted by Gasteiger charge is -2.13. The minimum absolute atomic E-state index is 0.126. The van der Waals surface area contributed by atoms with Crippen LogP contribution in [0.4, 0.5) is 0 Å². The van der Waals surface area contributed by atoms with Crippen molar-refractivity contribution in [2.75, 3.05) is 19.8 Å². The summed E-state index contributed by atoms with van der Waals surface area (Å²) < 4.78 is 5.09. The zero-order chi connectivity index (χ0) is 11.3. The summed E-state index contributed by atoms with van der Waals surface area (Å²) in [6.45, 7) is 2.68. The Bertz CT molecular complexity index is 264.